The van der Waals surface area contributed by atoms with E-state index in [0.29, 0.717) is 5.69 Å². The molecule has 0 spiro atoms. The fourth-order valence-electron chi connectivity index (χ4n) is 1.71. The van der Waals surface area contributed by atoms with Crippen LogP contribution < -0.4 is 4.90 Å². The van der Waals surface area contributed by atoms with Crippen molar-refractivity contribution in [1.29, 1.82) is 0 Å². The molecule has 1 N–H and O–H groups in total. The highest BCUT2D eigenvalue weighted by Crippen LogP contribution is 2.16. The van der Waals surface area contributed by atoms with Crippen molar-refractivity contribution in [3.8, 4) is 0 Å². The zero-order valence-corrected chi connectivity index (χ0v) is 10.4. The predicted molar refractivity (Wildman–Crippen MR) is 69.9 cm³/mol. The summed E-state index contributed by atoms with van der Waals surface area (Å²) in [5.41, 5.74) is 0.472. The van der Waals surface area contributed by atoms with Gasteiger partial charge in [-0.1, -0.05) is 18.2 Å². The molecule has 0 saturated heterocycles. The third-order valence-corrected chi connectivity index (χ3v) is 2.58. The van der Waals surface area contributed by atoms with Gasteiger partial charge in [0, 0.05) is 23.5 Å². The summed E-state index contributed by atoms with van der Waals surface area (Å²) in [6.07, 6.45) is 1.16. The Labute approximate surface area is 114 Å². The Hall–Kier alpha value is -2.76. The minimum Gasteiger partial charge on any atom is -0.480 e. The average Bonchev–Trinajstić information content (AvgIpc) is 2.45. The standard InChI is InChI=1S/C14H11FN2O3/c15-12-8-10(6-7-16-12)14(20)17(9-13(18)19)11-4-2-1-3-5-11/h1-8H,9H2,(H,18,19). The van der Waals surface area contributed by atoms with Crippen molar-refractivity contribution in [2.45, 2.75) is 0 Å². The van der Waals surface area contributed by atoms with E-state index in [-0.39, 0.29) is 5.56 Å². The first-order valence-corrected chi connectivity index (χ1v) is 5.78. The second-order valence-corrected chi connectivity index (χ2v) is 3.99. The number of anilines is 1. The number of aromatic nitrogens is 1. The van der Waals surface area contributed by atoms with Crippen LogP contribution in [0.4, 0.5) is 10.1 Å². The molecule has 6 heteroatoms. The highest BCUT2D eigenvalue weighted by Gasteiger charge is 2.20. The lowest BCUT2D eigenvalue weighted by Crippen LogP contribution is -2.35. The quantitative estimate of drug-likeness (QED) is 0.865. The van der Waals surface area contributed by atoms with E-state index < -0.39 is 24.4 Å². The van der Waals surface area contributed by atoms with Gasteiger partial charge in [0.1, 0.15) is 6.54 Å². The highest BCUT2D eigenvalue weighted by molar-refractivity contribution is 6.08. The first-order valence-electron chi connectivity index (χ1n) is 5.78. The van der Waals surface area contributed by atoms with Crippen LogP contribution in [0.5, 0.6) is 0 Å². The van der Waals surface area contributed by atoms with Crippen LogP contribution in [0.25, 0.3) is 0 Å². The minimum atomic E-state index is -1.16. The summed E-state index contributed by atoms with van der Waals surface area (Å²) in [4.78, 5) is 27.6. The van der Waals surface area contributed by atoms with Crippen molar-refractivity contribution < 1.29 is 19.1 Å². The van der Waals surface area contributed by atoms with Gasteiger partial charge < -0.3 is 5.11 Å². The molecule has 0 aliphatic carbocycles. The SMILES string of the molecule is O=C(O)CN(C(=O)c1ccnc(F)c1)c1ccccc1. The molecule has 0 radical (unpaired) electrons. The van der Waals surface area contributed by atoms with Gasteiger partial charge in [-0.2, -0.15) is 4.39 Å². The van der Waals surface area contributed by atoms with Crippen LogP contribution in [0.3, 0.4) is 0 Å². The topological polar surface area (TPSA) is 70.5 Å². The number of amides is 1. The Morgan fingerprint density at radius 1 is 1.20 bits per heavy atom. The number of para-hydroxylation sites is 1. The number of carbonyl (C=O) groups excluding carboxylic acids is 1. The molecule has 2 rings (SSSR count). The van der Waals surface area contributed by atoms with Crippen molar-refractivity contribution >= 4 is 17.6 Å². The molecule has 0 aliphatic rings. The Balaban J connectivity index is 2.36. The molecule has 0 fully saturated rings. The first-order chi connectivity index (χ1) is 9.58. The molecule has 1 heterocycles. The molecular formula is C14H11FN2O3. The second-order valence-electron chi connectivity index (χ2n) is 3.99. The second kappa shape index (κ2) is 5.92. The van der Waals surface area contributed by atoms with Gasteiger partial charge in [-0.05, 0) is 18.2 Å². The van der Waals surface area contributed by atoms with Crippen molar-refractivity contribution in [1.82, 2.24) is 4.98 Å². The molecule has 0 saturated carbocycles. The molecule has 2 aromatic rings. The molecule has 0 aliphatic heterocycles. The van der Waals surface area contributed by atoms with Gasteiger partial charge in [-0.15, -0.1) is 0 Å². The maximum Gasteiger partial charge on any atom is 0.323 e. The van der Waals surface area contributed by atoms with Crippen LogP contribution >= 0.6 is 0 Å². The van der Waals surface area contributed by atoms with E-state index >= 15 is 0 Å². The normalized spacial score (nSPS) is 10.1. The third-order valence-electron chi connectivity index (χ3n) is 2.58. The van der Waals surface area contributed by atoms with Gasteiger partial charge in [0.25, 0.3) is 5.91 Å². The molecule has 5 nitrogen and oxygen atoms in total. The molecule has 0 atom stereocenters. The summed E-state index contributed by atoms with van der Waals surface area (Å²) in [6.45, 7) is -0.507. The number of aliphatic carboxylic acids is 1. The van der Waals surface area contributed by atoms with E-state index in [1.54, 1.807) is 30.3 Å². The number of rotatable bonds is 4. The van der Waals surface area contributed by atoms with Crippen molar-refractivity contribution in [3.63, 3.8) is 0 Å². The number of hydrogen-bond donors (Lipinski definition) is 1. The first kappa shape index (κ1) is 13.7. The number of carboxylic acids is 1. The summed E-state index contributed by atoms with van der Waals surface area (Å²) < 4.78 is 13.1. The number of carbonyl (C=O) groups is 2. The van der Waals surface area contributed by atoms with E-state index in [2.05, 4.69) is 4.98 Å². The van der Waals surface area contributed by atoms with E-state index in [0.717, 1.165) is 17.2 Å². The summed E-state index contributed by atoms with van der Waals surface area (Å²) >= 11 is 0. The number of pyridine rings is 1. The van der Waals surface area contributed by atoms with E-state index in [1.165, 1.54) is 6.07 Å². The monoisotopic (exact) mass is 274 g/mol. The number of benzene rings is 1. The number of halogens is 1. The third kappa shape index (κ3) is 3.17. The van der Waals surface area contributed by atoms with Crippen molar-refractivity contribution in [2.75, 3.05) is 11.4 Å². The molecule has 0 bridgehead atoms. The van der Waals surface area contributed by atoms with E-state index in [1.807, 2.05) is 0 Å². The summed E-state index contributed by atoms with van der Waals surface area (Å²) in [5, 5.41) is 8.92. The molecule has 0 unspecified atom stereocenters. The lowest BCUT2D eigenvalue weighted by Gasteiger charge is -2.20. The maximum atomic E-state index is 13.1. The fraction of sp³-hybridized carbons (Fsp3) is 0.0714. The van der Waals surface area contributed by atoms with Crippen molar-refractivity contribution in [3.05, 3.63) is 60.2 Å². The Bertz CT molecular complexity index is 631. The zero-order valence-electron chi connectivity index (χ0n) is 10.4. The summed E-state index contributed by atoms with van der Waals surface area (Å²) in [7, 11) is 0. The average molecular weight is 274 g/mol. The smallest absolute Gasteiger partial charge is 0.323 e. The number of carboxylic acid groups (broad SMARTS) is 1. The Kier molecular flexibility index (Phi) is 4.05. The van der Waals surface area contributed by atoms with Crippen LogP contribution in [0.15, 0.2) is 48.7 Å². The largest absolute Gasteiger partial charge is 0.480 e. The molecule has 102 valence electrons. The number of nitrogens with zero attached hydrogens (tertiary/aromatic N) is 2. The zero-order chi connectivity index (χ0) is 14.5. The van der Waals surface area contributed by atoms with E-state index in [4.69, 9.17) is 5.11 Å². The molecule has 1 amide bonds. The summed E-state index contributed by atoms with van der Waals surface area (Å²) in [5.74, 6) is -2.55. The Morgan fingerprint density at radius 3 is 2.50 bits per heavy atom. The van der Waals surface area contributed by atoms with Gasteiger partial charge in [0.2, 0.25) is 5.95 Å². The lowest BCUT2D eigenvalue weighted by molar-refractivity contribution is -0.135. The lowest BCUT2D eigenvalue weighted by atomic mass is 10.2. The van der Waals surface area contributed by atoms with Gasteiger partial charge in [0.15, 0.2) is 0 Å². The van der Waals surface area contributed by atoms with Gasteiger partial charge >= 0.3 is 5.97 Å². The maximum absolute atomic E-state index is 13.1. The van der Waals surface area contributed by atoms with Crippen LogP contribution in [0.1, 0.15) is 10.4 Å². The van der Waals surface area contributed by atoms with Gasteiger partial charge in [-0.25, -0.2) is 4.98 Å². The minimum absolute atomic E-state index is 0.0441. The van der Waals surface area contributed by atoms with Crippen molar-refractivity contribution in [2.24, 2.45) is 0 Å². The van der Waals surface area contributed by atoms with E-state index in [9.17, 15) is 14.0 Å². The van der Waals surface area contributed by atoms with Gasteiger partial charge in [-0.3, -0.25) is 14.5 Å². The predicted octanol–water partition coefficient (Wildman–Crippen LogP) is 1.95. The van der Waals surface area contributed by atoms with Crippen LogP contribution in [0.2, 0.25) is 0 Å². The fourth-order valence-corrected chi connectivity index (χ4v) is 1.71. The summed E-state index contributed by atoms with van der Waals surface area (Å²) in [6, 6.07) is 10.6. The van der Waals surface area contributed by atoms with Crippen LogP contribution in [-0.2, 0) is 4.79 Å². The molecular weight excluding hydrogens is 263 g/mol. The Morgan fingerprint density at radius 2 is 1.90 bits per heavy atom. The molecule has 1 aromatic heterocycles. The molecule has 1 aromatic carbocycles. The highest BCUT2D eigenvalue weighted by atomic mass is 19.1. The number of hydrogen-bond acceptors (Lipinski definition) is 3. The molecule has 20 heavy (non-hydrogen) atoms. The van der Waals surface area contributed by atoms with Crippen LogP contribution in [0, 0.1) is 5.95 Å². The van der Waals surface area contributed by atoms with Crippen LogP contribution in [-0.4, -0.2) is 28.5 Å². The van der Waals surface area contributed by atoms with Gasteiger partial charge in [0.05, 0.1) is 0 Å².